The van der Waals surface area contributed by atoms with Crippen molar-refractivity contribution in [3.8, 4) is 5.75 Å². The third-order valence-electron chi connectivity index (χ3n) is 6.10. The minimum absolute atomic E-state index is 0.169. The third-order valence-corrected chi connectivity index (χ3v) is 6.10. The normalized spacial score (nSPS) is 18.0. The monoisotopic (exact) mass is 495 g/mol. The Kier molecular flexibility index (Phi) is 9.15. The molecule has 194 valence electrons. The Bertz CT molecular complexity index is 1100. The first kappa shape index (κ1) is 27.3. The second-order valence-electron chi connectivity index (χ2n) is 9.98. The first-order chi connectivity index (χ1) is 17.1. The summed E-state index contributed by atoms with van der Waals surface area (Å²) in [5.41, 5.74) is 0.528. The molecule has 2 atom stereocenters. The first-order valence-electron chi connectivity index (χ1n) is 12.4. The fourth-order valence-electron chi connectivity index (χ4n) is 4.48. The van der Waals surface area contributed by atoms with Crippen molar-refractivity contribution in [1.82, 2.24) is 4.90 Å². The minimum atomic E-state index is -0.996. The van der Waals surface area contributed by atoms with E-state index in [1.165, 1.54) is 0 Å². The van der Waals surface area contributed by atoms with Crippen LogP contribution in [0.1, 0.15) is 61.9 Å². The number of carbonyl (C=O) groups excluding carboxylic acids is 1. The van der Waals surface area contributed by atoms with Gasteiger partial charge in [-0.3, -0.25) is 0 Å². The van der Waals surface area contributed by atoms with Crippen LogP contribution in [0.5, 0.6) is 5.75 Å². The predicted molar refractivity (Wildman–Crippen MR) is 141 cm³/mol. The molecule has 7 nitrogen and oxygen atoms in total. The summed E-state index contributed by atoms with van der Waals surface area (Å²) in [6.07, 6.45) is 5.34. The van der Waals surface area contributed by atoms with Crippen LogP contribution in [0, 0.1) is 0 Å². The Hall–Kier alpha value is -3.32. The summed E-state index contributed by atoms with van der Waals surface area (Å²) < 4.78 is 17.7. The van der Waals surface area contributed by atoms with Crippen LogP contribution < -0.4 is 4.74 Å². The summed E-state index contributed by atoms with van der Waals surface area (Å²) in [7, 11) is 0. The van der Waals surface area contributed by atoms with Gasteiger partial charge in [-0.1, -0.05) is 18.2 Å². The van der Waals surface area contributed by atoms with Crippen LogP contribution in [-0.2, 0) is 9.47 Å². The molecule has 0 bridgehead atoms. The van der Waals surface area contributed by atoms with Gasteiger partial charge in [-0.2, -0.15) is 0 Å². The van der Waals surface area contributed by atoms with Gasteiger partial charge in [-0.15, -0.1) is 13.2 Å². The number of amides is 1. The van der Waals surface area contributed by atoms with Crippen LogP contribution in [0.3, 0.4) is 0 Å². The van der Waals surface area contributed by atoms with Crippen molar-refractivity contribution in [2.24, 2.45) is 0 Å². The molecule has 1 amide bonds. The number of unbranched alkanes of at least 4 members (excludes halogenated alkanes) is 1. The quantitative estimate of drug-likeness (QED) is 0.313. The van der Waals surface area contributed by atoms with E-state index in [4.69, 9.17) is 14.2 Å². The number of carboxylic acid groups (broad SMARTS) is 1. The van der Waals surface area contributed by atoms with Gasteiger partial charge in [-0.25, -0.2) is 9.59 Å². The summed E-state index contributed by atoms with van der Waals surface area (Å²) in [5, 5.41) is 11.2. The average molecular weight is 496 g/mol. The van der Waals surface area contributed by atoms with E-state index in [2.05, 4.69) is 13.2 Å². The number of allylic oxidation sites excluding steroid dienone is 1. The van der Waals surface area contributed by atoms with E-state index in [1.54, 1.807) is 29.2 Å². The number of likely N-dealkylation sites (tertiary alicyclic amines) is 1. The van der Waals surface area contributed by atoms with E-state index in [0.29, 0.717) is 43.9 Å². The molecular weight excluding hydrogens is 458 g/mol. The maximum absolute atomic E-state index is 12.9. The van der Waals surface area contributed by atoms with Crippen molar-refractivity contribution in [2.45, 2.75) is 57.7 Å². The highest BCUT2D eigenvalue weighted by atomic mass is 16.6. The molecule has 1 saturated heterocycles. The molecule has 1 N–H and O–H groups in total. The van der Waals surface area contributed by atoms with Gasteiger partial charge < -0.3 is 24.2 Å². The largest absolute Gasteiger partial charge is 0.494 e. The first-order valence-corrected chi connectivity index (χ1v) is 12.4. The molecule has 1 aliphatic rings. The maximum Gasteiger partial charge on any atom is 0.410 e. The van der Waals surface area contributed by atoms with E-state index in [9.17, 15) is 14.7 Å². The van der Waals surface area contributed by atoms with E-state index >= 15 is 0 Å². The van der Waals surface area contributed by atoms with Crippen LogP contribution in [0.2, 0.25) is 0 Å². The Morgan fingerprint density at radius 3 is 2.58 bits per heavy atom. The van der Waals surface area contributed by atoms with Gasteiger partial charge in [0.2, 0.25) is 0 Å². The lowest BCUT2D eigenvalue weighted by atomic mass is 9.84. The summed E-state index contributed by atoms with van der Waals surface area (Å²) in [4.78, 5) is 26.6. The molecule has 2 aromatic carbocycles. The lowest BCUT2D eigenvalue weighted by Crippen LogP contribution is -2.47. The van der Waals surface area contributed by atoms with Crippen LogP contribution in [0.15, 0.2) is 55.6 Å². The average Bonchev–Trinajstić information content (AvgIpc) is 2.83. The minimum Gasteiger partial charge on any atom is -0.494 e. The Labute approximate surface area is 213 Å². The molecule has 0 saturated carbocycles. The Balaban J connectivity index is 2.03. The molecule has 2 aromatic rings. The van der Waals surface area contributed by atoms with E-state index in [-0.39, 0.29) is 23.7 Å². The number of fused-ring (bicyclic) bond motifs is 1. The molecule has 0 radical (unpaired) electrons. The number of rotatable bonds is 10. The zero-order valence-electron chi connectivity index (χ0n) is 21.5. The number of benzene rings is 2. The fourth-order valence-corrected chi connectivity index (χ4v) is 4.48. The third kappa shape index (κ3) is 6.88. The van der Waals surface area contributed by atoms with Gasteiger partial charge in [0.25, 0.3) is 0 Å². The predicted octanol–water partition coefficient (Wildman–Crippen LogP) is 6.18. The maximum atomic E-state index is 12.9. The Morgan fingerprint density at radius 1 is 1.14 bits per heavy atom. The zero-order valence-corrected chi connectivity index (χ0v) is 21.5. The van der Waals surface area contributed by atoms with Crippen LogP contribution >= 0.6 is 0 Å². The van der Waals surface area contributed by atoms with E-state index in [1.807, 2.05) is 39.0 Å². The fraction of sp³-hybridized carbons (Fsp3) is 0.448. The highest BCUT2D eigenvalue weighted by Gasteiger charge is 2.36. The molecule has 1 heterocycles. The summed E-state index contributed by atoms with van der Waals surface area (Å²) in [5.74, 6) is -0.518. The number of piperidine rings is 1. The van der Waals surface area contributed by atoms with Crippen molar-refractivity contribution < 1.29 is 28.9 Å². The summed E-state index contributed by atoms with van der Waals surface area (Å²) >= 11 is 0. The topological polar surface area (TPSA) is 85.3 Å². The number of hydrogen-bond donors (Lipinski definition) is 1. The summed E-state index contributed by atoms with van der Waals surface area (Å²) in [6, 6.07) is 8.94. The lowest BCUT2D eigenvalue weighted by Gasteiger charge is -2.39. The smallest absolute Gasteiger partial charge is 0.410 e. The van der Waals surface area contributed by atoms with Gasteiger partial charge in [0.15, 0.2) is 0 Å². The number of carboxylic acids is 1. The number of carbonyl (C=O) groups is 2. The Morgan fingerprint density at radius 2 is 1.92 bits per heavy atom. The van der Waals surface area contributed by atoms with Crippen LogP contribution in [-0.4, -0.2) is 60.1 Å². The van der Waals surface area contributed by atoms with Gasteiger partial charge in [0.1, 0.15) is 11.4 Å². The molecule has 0 aliphatic carbocycles. The molecule has 3 rings (SSSR count). The highest BCUT2D eigenvalue weighted by Crippen LogP contribution is 2.37. The molecule has 1 fully saturated rings. The van der Waals surface area contributed by atoms with Gasteiger partial charge >= 0.3 is 12.1 Å². The van der Waals surface area contributed by atoms with E-state index in [0.717, 1.165) is 23.8 Å². The number of aromatic carboxylic acids is 1. The summed E-state index contributed by atoms with van der Waals surface area (Å²) in [6.45, 7) is 14.9. The molecular formula is C29H37NO6. The van der Waals surface area contributed by atoms with Crippen molar-refractivity contribution >= 4 is 22.8 Å². The van der Waals surface area contributed by atoms with Crippen molar-refractivity contribution in [2.75, 3.05) is 26.3 Å². The number of nitrogens with zero attached hydrogens (tertiary/aromatic N) is 1. The molecule has 1 aliphatic heterocycles. The van der Waals surface area contributed by atoms with Crippen molar-refractivity contribution in [3.05, 3.63) is 66.8 Å². The van der Waals surface area contributed by atoms with Gasteiger partial charge in [-0.05, 0) is 80.6 Å². The van der Waals surface area contributed by atoms with Crippen molar-refractivity contribution in [3.63, 3.8) is 0 Å². The van der Waals surface area contributed by atoms with Gasteiger partial charge in [0, 0.05) is 19.0 Å². The SMILES string of the molecule is C=CCCCOc1ccc2c(C(=O)O)ccc([C@@H]3CN(C(=O)OC(C)(C)C)CC[C@@H]3OCC=C)c2c1. The van der Waals surface area contributed by atoms with Crippen molar-refractivity contribution in [1.29, 1.82) is 0 Å². The molecule has 0 aromatic heterocycles. The van der Waals surface area contributed by atoms with Gasteiger partial charge in [0.05, 0.1) is 24.9 Å². The zero-order chi connectivity index (χ0) is 26.3. The van der Waals surface area contributed by atoms with Crippen LogP contribution in [0.25, 0.3) is 10.8 Å². The lowest BCUT2D eigenvalue weighted by molar-refractivity contribution is -0.0147. The second-order valence-corrected chi connectivity index (χ2v) is 9.98. The second kappa shape index (κ2) is 12.1. The van der Waals surface area contributed by atoms with E-state index < -0.39 is 11.6 Å². The van der Waals surface area contributed by atoms with Crippen LogP contribution in [0.4, 0.5) is 4.79 Å². The highest BCUT2D eigenvalue weighted by molar-refractivity contribution is 6.05. The molecule has 0 spiro atoms. The molecule has 7 heteroatoms. The molecule has 36 heavy (non-hydrogen) atoms. The number of hydrogen-bond acceptors (Lipinski definition) is 5. The molecule has 0 unspecified atom stereocenters. The number of ether oxygens (including phenoxy) is 3. The standard InChI is InChI=1S/C29H37NO6/c1-6-8-9-17-34-20-10-11-21-23(27(31)32)13-12-22(24(21)18-20)25-19-30(28(33)36-29(3,4)5)15-14-26(25)35-16-7-2/h6-7,10-13,18,25-26H,1-2,8-9,14-17,19H2,3-5H3,(H,31,32)/t25-,26-/m0/s1.